The fourth-order valence-corrected chi connectivity index (χ4v) is 2.24. The Balaban J connectivity index is 1.69. The average Bonchev–Trinajstić information content (AvgIpc) is 2.91. The molecule has 6 nitrogen and oxygen atoms in total. The zero-order valence-electron chi connectivity index (χ0n) is 12.3. The van der Waals surface area contributed by atoms with Gasteiger partial charge in [-0.25, -0.2) is 14.3 Å². The SMILES string of the molecule is C[C@@H]1C(CC#Cc2cccc(Oc3nn[nH]c3C(=O)O)c2)[C@H]1F. The summed E-state index contributed by atoms with van der Waals surface area (Å²) >= 11 is 0. The standard InChI is InChI=1S/C16H14FN3O3/c1-9-12(13(9)17)7-3-5-10-4-2-6-11(8-10)23-15-14(16(21)22)18-20-19-15/h2,4,6,8-9,12-13H,7H2,1H3,(H,21,22)(H,18,19,20)/t9-,12?,13+/m1/s1. The Morgan fingerprint density at radius 2 is 2.30 bits per heavy atom. The van der Waals surface area contributed by atoms with E-state index in [2.05, 4.69) is 27.3 Å². The molecule has 1 aromatic carbocycles. The van der Waals surface area contributed by atoms with Crippen molar-refractivity contribution in [2.24, 2.45) is 11.8 Å². The van der Waals surface area contributed by atoms with Crippen LogP contribution in [0.25, 0.3) is 0 Å². The van der Waals surface area contributed by atoms with Crippen molar-refractivity contribution in [2.75, 3.05) is 0 Å². The van der Waals surface area contributed by atoms with E-state index in [1.807, 2.05) is 6.92 Å². The number of hydrogen-bond donors (Lipinski definition) is 2. The Morgan fingerprint density at radius 3 is 3.00 bits per heavy atom. The van der Waals surface area contributed by atoms with Crippen LogP contribution in [0.1, 0.15) is 29.4 Å². The first-order chi connectivity index (χ1) is 11.1. The molecule has 1 heterocycles. The molecule has 0 amide bonds. The molecule has 2 N–H and O–H groups in total. The second-order valence-corrected chi connectivity index (χ2v) is 5.40. The van der Waals surface area contributed by atoms with Crippen molar-refractivity contribution in [3.05, 3.63) is 35.5 Å². The number of halogens is 1. The van der Waals surface area contributed by atoms with Crippen LogP contribution in [-0.2, 0) is 0 Å². The van der Waals surface area contributed by atoms with Gasteiger partial charge < -0.3 is 9.84 Å². The lowest BCUT2D eigenvalue weighted by atomic mass is 10.2. The number of hydrogen-bond acceptors (Lipinski definition) is 4. The van der Waals surface area contributed by atoms with E-state index >= 15 is 0 Å². The van der Waals surface area contributed by atoms with Crippen LogP contribution in [0, 0.1) is 23.7 Å². The van der Waals surface area contributed by atoms with E-state index in [4.69, 9.17) is 9.84 Å². The van der Waals surface area contributed by atoms with Crippen LogP contribution < -0.4 is 4.74 Å². The molecule has 3 atom stereocenters. The van der Waals surface area contributed by atoms with Crippen molar-refractivity contribution in [1.29, 1.82) is 0 Å². The molecule has 118 valence electrons. The molecule has 1 aliphatic rings. The number of aromatic nitrogens is 3. The van der Waals surface area contributed by atoms with Crippen LogP contribution in [0.3, 0.4) is 0 Å². The van der Waals surface area contributed by atoms with Gasteiger partial charge in [-0.05, 0) is 24.1 Å². The van der Waals surface area contributed by atoms with Crippen LogP contribution in [-0.4, -0.2) is 32.7 Å². The minimum absolute atomic E-state index is 0.0372. The highest BCUT2D eigenvalue weighted by Gasteiger charge is 2.46. The highest BCUT2D eigenvalue weighted by atomic mass is 19.1. The summed E-state index contributed by atoms with van der Waals surface area (Å²) in [5.41, 5.74) is 0.477. The van der Waals surface area contributed by atoms with Crippen molar-refractivity contribution in [1.82, 2.24) is 15.4 Å². The zero-order chi connectivity index (χ0) is 16.4. The number of carbonyl (C=O) groups is 1. The molecule has 0 saturated heterocycles. The number of H-pyrrole nitrogens is 1. The number of nitrogens with one attached hydrogen (secondary N) is 1. The molecule has 1 unspecified atom stereocenters. The van der Waals surface area contributed by atoms with Gasteiger partial charge in [-0.3, -0.25) is 0 Å². The normalized spacial score (nSPS) is 22.1. The van der Waals surface area contributed by atoms with Crippen molar-refractivity contribution >= 4 is 5.97 Å². The summed E-state index contributed by atoms with van der Waals surface area (Å²) in [6.07, 6.45) is -0.208. The largest absolute Gasteiger partial charge is 0.476 e. The fourth-order valence-electron chi connectivity index (χ4n) is 2.24. The number of nitrogens with zero attached hydrogens (tertiary/aromatic N) is 2. The lowest BCUT2D eigenvalue weighted by molar-refractivity contribution is 0.0687. The number of carboxylic acid groups (broad SMARTS) is 1. The van der Waals surface area contributed by atoms with Crippen molar-refractivity contribution < 1.29 is 19.0 Å². The lowest BCUT2D eigenvalue weighted by Crippen LogP contribution is -1.99. The number of alkyl halides is 1. The molecular weight excluding hydrogens is 301 g/mol. The van der Waals surface area contributed by atoms with E-state index in [0.717, 1.165) is 0 Å². The average molecular weight is 315 g/mol. The van der Waals surface area contributed by atoms with E-state index in [9.17, 15) is 9.18 Å². The van der Waals surface area contributed by atoms with E-state index < -0.39 is 12.1 Å². The van der Waals surface area contributed by atoms with Gasteiger partial charge in [0.2, 0.25) is 5.69 Å². The lowest BCUT2D eigenvalue weighted by Gasteiger charge is -2.02. The highest BCUT2D eigenvalue weighted by Crippen LogP contribution is 2.43. The van der Waals surface area contributed by atoms with Crippen LogP contribution in [0.2, 0.25) is 0 Å². The Kier molecular flexibility index (Phi) is 3.98. The number of aromatic amines is 1. The summed E-state index contributed by atoms with van der Waals surface area (Å²) in [7, 11) is 0. The van der Waals surface area contributed by atoms with Gasteiger partial charge in [0, 0.05) is 17.9 Å². The van der Waals surface area contributed by atoms with Crippen LogP contribution >= 0.6 is 0 Å². The number of rotatable bonds is 4. The third-order valence-electron chi connectivity index (χ3n) is 3.80. The first-order valence-corrected chi connectivity index (χ1v) is 7.11. The summed E-state index contributed by atoms with van der Waals surface area (Å²) in [5, 5.41) is 18.2. The molecule has 1 aromatic heterocycles. The molecule has 0 bridgehead atoms. The maximum absolute atomic E-state index is 13.1. The van der Waals surface area contributed by atoms with Crippen LogP contribution in [0.15, 0.2) is 24.3 Å². The molecule has 0 aliphatic heterocycles. The predicted molar refractivity (Wildman–Crippen MR) is 78.9 cm³/mol. The summed E-state index contributed by atoms with van der Waals surface area (Å²) < 4.78 is 18.5. The summed E-state index contributed by atoms with van der Waals surface area (Å²) in [6.45, 7) is 1.88. The fraction of sp³-hybridized carbons (Fsp3) is 0.312. The highest BCUT2D eigenvalue weighted by molar-refractivity contribution is 5.87. The Bertz CT molecular complexity index is 785. The second kappa shape index (κ2) is 6.08. The summed E-state index contributed by atoms with van der Waals surface area (Å²) in [6, 6.07) is 6.85. The molecule has 0 spiro atoms. The summed E-state index contributed by atoms with van der Waals surface area (Å²) in [5.74, 6) is 5.13. The maximum atomic E-state index is 13.1. The maximum Gasteiger partial charge on any atom is 0.359 e. The van der Waals surface area contributed by atoms with Crippen LogP contribution in [0.5, 0.6) is 11.6 Å². The second-order valence-electron chi connectivity index (χ2n) is 5.40. The van der Waals surface area contributed by atoms with Gasteiger partial charge in [0.05, 0.1) is 0 Å². The number of carboxylic acids is 1. The van der Waals surface area contributed by atoms with Crippen molar-refractivity contribution in [3.63, 3.8) is 0 Å². The third kappa shape index (κ3) is 3.31. The molecule has 3 rings (SSSR count). The smallest absolute Gasteiger partial charge is 0.359 e. The van der Waals surface area contributed by atoms with Gasteiger partial charge in [-0.1, -0.05) is 35.1 Å². The quantitative estimate of drug-likeness (QED) is 0.847. The van der Waals surface area contributed by atoms with Gasteiger partial charge in [-0.2, -0.15) is 0 Å². The molecule has 0 radical (unpaired) electrons. The zero-order valence-corrected chi connectivity index (χ0v) is 12.3. The molecule has 7 heteroatoms. The molecule has 2 aromatic rings. The molecule has 1 aliphatic carbocycles. The topological polar surface area (TPSA) is 88.1 Å². The van der Waals surface area contributed by atoms with E-state index in [1.165, 1.54) is 0 Å². The number of aromatic carboxylic acids is 1. The van der Waals surface area contributed by atoms with E-state index in [0.29, 0.717) is 17.7 Å². The minimum Gasteiger partial charge on any atom is -0.476 e. The van der Waals surface area contributed by atoms with Gasteiger partial charge in [0.1, 0.15) is 11.9 Å². The van der Waals surface area contributed by atoms with Gasteiger partial charge in [0.25, 0.3) is 5.88 Å². The monoisotopic (exact) mass is 315 g/mol. The predicted octanol–water partition coefficient (Wildman–Crippen LogP) is 2.64. The Hall–Kier alpha value is -2.88. The van der Waals surface area contributed by atoms with Gasteiger partial charge in [0.15, 0.2) is 0 Å². The molecule has 1 saturated carbocycles. The van der Waals surface area contributed by atoms with E-state index in [-0.39, 0.29) is 23.4 Å². The van der Waals surface area contributed by atoms with Gasteiger partial charge >= 0.3 is 5.97 Å². The van der Waals surface area contributed by atoms with E-state index in [1.54, 1.807) is 24.3 Å². The van der Waals surface area contributed by atoms with Crippen molar-refractivity contribution in [2.45, 2.75) is 19.5 Å². The molecule has 23 heavy (non-hydrogen) atoms. The first kappa shape index (κ1) is 15.0. The molecular formula is C16H14FN3O3. The molecule has 1 fully saturated rings. The minimum atomic E-state index is -1.21. The first-order valence-electron chi connectivity index (χ1n) is 7.11. The summed E-state index contributed by atoms with van der Waals surface area (Å²) in [4.78, 5) is 11.0. The number of benzene rings is 1. The Morgan fingerprint density at radius 1 is 1.52 bits per heavy atom. The Labute approximate surface area is 131 Å². The number of ether oxygens (including phenoxy) is 1. The van der Waals surface area contributed by atoms with Crippen molar-refractivity contribution in [3.8, 4) is 23.5 Å². The van der Waals surface area contributed by atoms with Gasteiger partial charge in [-0.15, -0.1) is 0 Å². The van der Waals surface area contributed by atoms with Crippen LogP contribution in [0.4, 0.5) is 4.39 Å². The third-order valence-corrected chi connectivity index (χ3v) is 3.80.